The fourth-order valence-electron chi connectivity index (χ4n) is 2.30. The van der Waals surface area contributed by atoms with Crippen molar-refractivity contribution in [2.24, 2.45) is 0 Å². The molecule has 0 bridgehead atoms. The van der Waals surface area contributed by atoms with Crippen LogP contribution < -0.4 is 9.78 Å². The molecule has 0 aromatic heterocycles. The van der Waals surface area contributed by atoms with E-state index in [-0.39, 0.29) is 18.0 Å². The minimum absolute atomic E-state index is 0.154. The quantitative estimate of drug-likeness (QED) is 0.296. The maximum absolute atomic E-state index is 13.2. The molecule has 3 rings (SSSR count). The molecule has 1 atom stereocenters. The second-order valence-corrected chi connectivity index (χ2v) is 8.88. The van der Waals surface area contributed by atoms with Gasteiger partial charge in [0.2, 0.25) is 6.29 Å². The van der Waals surface area contributed by atoms with Crippen LogP contribution in [0, 0.1) is 0 Å². The molecule has 1 aliphatic rings. The highest BCUT2D eigenvalue weighted by Gasteiger charge is 2.39. The predicted molar refractivity (Wildman–Crippen MR) is 112 cm³/mol. The Balaban J connectivity index is 1.67. The number of phosphoric acid groups is 1. The van der Waals surface area contributed by atoms with Crippen LogP contribution in [-0.2, 0) is 27.9 Å². The Bertz CT molecular complexity index is 899. The SMILES string of the molecule is CC(C)(C)OC(=O)N1C=COC(OP(=O)(OOc2ccccc2)OOc2ccccc2)C1. The van der Waals surface area contributed by atoms with E-state index in [4.69, 9.17) is 33.1 Å². The summed E-state index contributed by atoms with van der Waals surface area (Å²) in [5, 5.41) is 0. The first kappa shape index (κ1) is 23.6. The number of hydrogen-bond donors (Lipinski definition) is 0. The molecule has 0 fully saturated rings. The summed E-state index contributed by atoms with van der Waals surface area (Å²) in [6.07, 6.45) is 0.695. The third kappa shape index (κ3) is 7.58. The van der Waals surface area contributed by atoms with Crippen LogP contribution in [0.1, 0.15) is 20.8 Å². The van der Waals surface area contributed by atoms with Crippen LogP contribution in [0.25, 0.3) is 0 Å². The Morgan fingerprint density at radius 2 is 1.50 bits per heavy atom. The molecular formula is C21H24NO9P. The number of para-hydroxylation sites is 2. The molecule has 11 heteroatoms. The van der Waals surface area contributed by atoms with E-state index in [2.05, 4.69) is 0 Å². The Labute approximate surface area is 185 Å². The van der Waals surface area contributed by atoms with Crippen molar-refractivity contribution in [1.29, 1.82) is 0 Å². The summed E-state index contributed by atoms with van der Waals surface area (Å²) < 4.78 is 39.1. The average Bonchev–Trinajstić information content (AvgIpc) is 2.77. The zero-order chi connectivity index (χ0) is 23.0. The Morgan fingerprint density at radius 1 is 0.969 bits per heavy atom. The number of carbonyl (C=O) groups excluding carboxylic acids is 1. The van der Waals surface area contributed by atoms with Gasteiger partial charge in [0.15, 0.2) is 11.5 Å². The van der Waals surface area contributed by atoms with Crippen molar-refractivity contribution < 1.29 is 42.5 Å². The van der Waals surface area contributed by atoms with E-state index < -0.39 is 25.8 Å². The topological polar surface area (TPSA) is 102 Å². The highest BCUT2D eigenvalue weighted by atomic mass is 31.2. The van der Waals surface area contributed by atoms with E-state index in [1.807, 2.05) is 0 Å². The zero-order valence-corrected chi connectivity index (χ0v) is 18.7. The lowest BCUT2D eigenvalue weighted by molar-refractivity contribution is -0.210. The lowest BCUT2D eigenvalue weighted by Gasteiger charge is -2.30. The second kappa shape index (κ2) is 10.5. The number of benzene rings is 2. The first-order valence-electron chi connectivity index (χ1n) is 9.65. The molecule has 10 nitrogen and oxygen atoms in total. The summed E-state index contributed by atoms with van der Waals surface area (Å²) in [7, 11) is -4.50. The lowest BCUT2D eigenvalue weighted by atomic mass is 10.2. The van der Waals surface area contributed by atoms with Gasteiger partial charge >= 0.3 is 13.9 Å². The lowest BCUT2D eigenvalue weighted by Crippen LogP contribution is -2.41. The predicted octanol–water partition coefficient (Wildman–Crippen LogP) is 5.20. The smallest absolute Gasteiger partial charge is 0.469 e. The largest absolute Gasteiger partial charge is 0.550 e. The molecular weight excluding hydrogens is 441 g/mol. The van der Waals surface area contributed by atoms with E-state index >= 15 is 0 Å². The van der Waals surface area contributed by atoms with E-state index in [0.29, 0.717) is 0 Å². The molecule has 0 saturated carbocycles. The third-order valence-electron chi connectivity index (χ3n) is 3.63. The number of carbonyl (C=O) groups is 1. The summed E-state index contributed by atoms with van der Waals surface area (Å²) in [4.78, 5) is 23.6. The summed E-state index contributed by atoms with van der Waals surface area (Å²) in [5.74, 6) is 0.499. The van der Waals surface area contributed by atoms with Gasteiger partial charge in [0.1, 0.15) is 11.9 Å². The fraction of sp³-hybridized carbons (Fsp3) is 0.286. The van der Waals surface area contributed by atoms with Crippen molar-refractivity contribution in [3.8, 4) is 11.5 Å². The summed E-state index contributed by atoms with van der Waals surface area (Å²) in [6, 6.07) is 16.6. The van der Waals surface area contributed by atoms with Crippen LogP contribution in [0.4, 0.5) is 4.79 Å². The van der Waals surface area contributed by atoms with Crippen molar-refractivity contribution in [2.75, 3.05) is 6.54 Å². The van der Waals surface area contributed by atoms with Gasteiger partial charge in [-0.25, -0.2) is 13.9 Å². The van der Waals surface area contributed by atoms with Gasteiger partial charge in [0.05, 0.1) is 6.54 Å². The van der Waals surface area contributed by atoms with Gasteiger partial charge in [-0.1, -0.05) is 45.7 Å². The number of hydrogen-bond acceptors (Lipinski definition) is 9. The highest BCUT2D eigenvalue weighted by Crippen LogP contribution is 2.51. The second-order valence-electron chi connectivity index (χ2n) is 7.48. The molecule has 0 saturated heterocycles. The molecule has 172 valence electrons. The monoisotopic (exact) mass is 465 g/mol. The molecule has 0 radical (unpaired) electrons. The zero-order valence-electron chi connectivity index (χ0n) is 17.8. The number of nitrogens with zero attached hydrogens (tertiary/aromatic N) is 1. The van der Waals surface area contributed by atoms with E-state index in [0.717, 1.165) is 0 Å². The molecule has 1 unspecified atom stereocenters. The van der Waals surface area contributed by atoms with Crippen molar-refractivity contribution in [3.63, 3.8) is 0 Å². The molecule has 0 spiro atoms. The summed E-state index contributed by atoms with van der Waals surface area (Å²) >= 11 is 0. The van der Waals surface area contributed by atoms with Gasteiger partial charge in [0, 0.05) is 6.20 Å². The summed E-state index contributed by atoms with van der Waals surface area (Å²) in [6.45, 7) is 5.06. The van der Waals surface area contributed by atoms with Crippen LogP contribution in [-0.4, -0.2) is 29.4 Å². The molecule has 2 aromatic rings. The molecule has 2 aromatic carbocycles. The van der Waals surface area contributed by atoms with Crippen molar-refractivity contribution in [2.45, 2.75) is 32.7 Å². The van der Waals surface area contributed by atoms with Crippen molar-refractivity contribution in [3.05, 3.63) is 73.1 Å². The molecule has 0 aliphatic carbocycles. The molecule has 1 amide bonds. The van der Waals surface area contributed by atoms with Gasteiger partial charge in [0.25, 0.3) is 0 Å². The minimum atomic E-state index is -4.50. The van der Waals surface area contributed by atoms with E-state index in [1.165, 1.54) is 17.4 Å². The van der Waals surface area contributed by atoms with Crippen LogP contribution in [0.15, 0.2) is 73.1 Å². The maximum Gasteiger partial charge on any atom is 0.550 e. The van der Waals surface area contributed by atoms with Crippen LogP contribution in [0.5, 0.6) is 11.5 Å². The van der Waals surface area contributed by atoms with Gasteiger partial charge in [-0.2, -0.15) is 0 Å². The summed E-state index contributed by atoms with van der Waals surface area (Å²) in [5.41, 5.74) is -0.700. The third-order valence-corrected chi connectivity index (χ3v) is 4.64. The van der Waals surface area contributed by atoms with Crippen LogP contribution in [0.2, 0.25) is 0 Å². The highest BCUT2D eigenvalue weighted by molar-refractivity contribution is 7.48. The minimum Gasteiger partial charge on any atom is -0.469 e. The van der Waals surface area contributed by atoms with Crippen LogP contribution in [0.3, 0.4) is 0 Å². The first-order valence-corrected chi connectivity index (χ1v) is 11.1. The first-order chi connectivity index (χ1) is 15.2. The van der Waals surface area contributed by atoms with Gasteiger partial charge < -0.3 is 19.2 Å². The normalized spacial score (nSPS) is 16.2. The maximum atomic E-state index is 13.2. The van der Waals surface area contributed by atoms with Crippen LogP contribution >= 0.6 is 7.82 Å². The Morgan fingerprint density at radius 3 is 2.00 bits per heavy atom. The van der Waals surface area contributed by atoms with E-state index in [9.17, 15) is 9.36 Å². The van der Waals surface area contributed by atoms with E-state index in [1.54, 1.807) is 81.4 Å². The average molecular weight is 465 g/mol. The molecule has 32 heavy (non-hydrogen) atoms. The molecule has 0 N–H and O–H groups in total. The van der Waals surface area contributed by atoms with Gasteiger partial charge in [-0.05, 0) is 45.0 Å². The van der Waals surface area contributed by atoms with Gasteiger partial charge in [-0.15, -0.1) is 0 Å². The molecule has 1 aliphatic heterocycles. The molecule has 1 heterocycles. The van der Waals surface area contributed by atoms with Gasteiger partial charge in [-0.3, -0.25) is 4.90 Å². The number of amides is 1. The standard InChI is InChI=1S/C21H24NO9P/c1-21(2,3)26-20(23)22-14-15-25-19(16-22)29-32(24,30-27-17-10-6-4-7-11-17)31-28-18-12-8-5-9-13-18/h4-15,19H,16H2,1-3H3. The number of ether oxygens (including phenoxy) is 2. The Hall–Kier alpha value is -3.04. The number of rotatable bonds is 8. The van der Waals surface area contributed by atoms with Crippen molar-refractivity contribution in [1.82, 2.24) is 4.90 Å². The Kier molecular flexibility index (Phi) is 7.76. The van der Waals surface area contributed by atoms with Crippen molar-refractivity contribution >= 4 is 13.9 Å². The fourth-order valence-corrected chi connectivity index (χ4v) is 3.15.